The lowest BCUT2D eigenvalue weighted by Gasteiger charge is -2.06. The summed E-state index contributed by atoms with van der Waals surface area (Å²) in [5.74, 6) is -0.357. The van der Waals surface area contributed by atoms with E-state index >= 15 is 0 Å². The van der Waals surface area contributed by atoms with Crippen LogP contribution in [0.15, 0.2) is 24.7 Å². The molecule has 0 bridgehead atoms. The Morgan fingerprint density at radius 3 is 2.87 bits per heavy atom. The zero-order valence-corrected chi connectivity index (χ0v) is 8.06. The largest absolute Gasteiger partial charge is 0.478 e. The number of carbonyl (C=O) groups is 1. The van der Waals surface area contributed by atoms with Crippen LogP contribution in [0.3, 0.4) is 0 Å². The molecule has 5 heteroatoms. The van der Waals surface area contributed by atoms with Crippen molar-refractivity contribution >= 4 is 22.6 Å². The first-order valence-corrected chi connectivity index (χ1v) is 4.38. The highest BCUT2D eigenvalue weighted by molar-refractivity contribution is 6.06. The Hall–Kier alpha value is -2.17. The van der Waals surface area contributed by atoms with Crippen LogP contribution in [0.2, 0.25) is 0 Å². The van der Waals surface area contributed by atoms with E-state index in [1.165, 1.54) is 6.20 Å². The number of nitrogens with one attached hydrogen (secondary N) is 1. The van der Waals surface area contributed by atoms with Crippen molar-refractivity contribution in [2.75, 3.05) is 12.4 Å². The molecule has 2 aromatic rings. The first-order chi connectivity index (χ1) is 7.24. The number of hydrogen-bond donors (Lipinski definition) is 2. The number of fused-ring (bicyclic) bond motifs is 1. The summed E-state index contributed by atoms with van der Waals surface area (Å²) in [5.41, 5.74) is 0.186. The van der Waals surface area contributed by atoms with Gasteiger partial charge in [-0.05, 0) is 6.07 Å². The topological polar surface area (TPSA) is 75.1 Å². The Bertz CT molecular complexity index is 525. The van der Waals surface area contributed by atoms with Crippen molar-refractivity contribution in [2.45, 2.75) is 0 Å². The van der Waals surface area contributed by atoms with E-state index in [9.17, 15) is 4.79 Å². The molecule has 2 rings (SSSR count). The van der Waals surface area contributed by atoms with E-state index in [0.717, 1.165) is 0 Å². The van der Waals surface area contributed by atoms with E-state index < -0.39 is 5.97 Å². The third-order valence-electron chi connectivity index (χ3n) is 2.16. The highest BCUT2D eigenvalue weighted by Crippen LogP contribution is 2.22. The number of aromatic nitrogens is 2. The zero-order chi connectivity index (χ0) is 10.8. The molecule has 0 radical (unpaired) electrons. The van der Waals surface area contributed by atoms with Gasteiger partial charge >= 0.3 is 5.97 Å². The second-order valence-electron chi connectivity index (χ2n) is 3.00. The summed E-state index contributed by atoms with van der Waals surface area (Å²) in [7, 11) is 1.73. The Morgan fingerprint density at radius 2 is 2.20 bits per heavy atom. The van der Waals surface area contributed by atoms with Crippen LogP contribution in [0.5, 0.6) is 0 Å². The third kappa shape index (κ3) is 1.48. The molecule has 0 aliphatic heterocycles. The van der Waals surface area contributed by atoms with Crippen LogP contribution >= 0.6 is 0 Å². The minimum absolute atomic E-state index is 0.186. The van der Waals surface area contributed by atoms with Gasteiger partial charge in [0.2, 0.25) is 0 Å². The van der Waals surface area contributed by atoms with Gasteiger partial charge in [-0.2, -0.15) is 0 Å². The minimum atomic E-state index is -0.985. The second-order valence-corrected chi connectivity index (χ2v) is 3.00. The molecule has 2 aromatic heterocycles. The lowest BCUT2D eigenvalue weighted by molar-refractivity contribution is 0.0698. The maximum atomic E-state index is 10.9. The van der Waals surface area contributed by atoms with Gasteiger partial charge in [-0.25, -0.2) is 9.78 Å². The number of aromatic carboxylic acids is 1. The van der Waals surface area contributed by atoms with Crippen LogP contribution in [-0.2, 0) is 0 Å². The fourth-order valence-corrected chi connectivity index (χ4v) is 1.46. The lowest BCUT2D eigenvalue weighted by Crippen LogP contribution is -2.02. The number of pyridine rings is 2. The van der Waals surface area contributed by atoms with Gasteiger partial charge in [0.1, 0.15) is 5.82 Å². The summed E-state index contributed by atoms with van der Waals surface area (Å²) in [6.07, 6.45) is 4.51. The van der Waals surface area contributed by atoms with Crippen LogP contribution in [0.1, 0.15) is 10.4 Å². The van der Waals surface area contributed by atoms with Crippen LogP contribution in [0.4, 0.5) is 5.82 Å². The number of nitrogens with zero attached hydrogens (tertiary/aromatic N) is 2. The zero-order valence-electron chi connectivity index (χ0n) is 8.06. The van der Waals surface area contributed by atoms with Crippen molar-refractivity contribution in [3.8, 4) is 0 Å². The van der Waals surface area contributed by atoms with Crippen LogP contribution in [-0.4, -0.2) is 28.1 Å². The second kappa shape index (κ2) is 3.53. The Kier molecular flexibility index (Phi) is 2.21. The van der Waals surface area contributed by atoms with Crippen LogP contribution < -0.4 is 5.32 Å². The normalized spacial score (nSPS) is 10.2. The van der Waals surface area contributed by atoms with Crippen molar-refractivity contribution < 1.29 is 9.90 Å². The molecule has 0 saturated carbocycles. The standard InChI is InChI=1S/C10H9N3O2/c1-11-9-7-4-12-3-2-6(7)8(5-13-9)10(14)15/h2-5H,1H3,(H,11,13)(H,14,15). The molecule has 0 aliphatic rings. The van der Waals surface area contributed by atoms with E-state index in [-0.39, 0.29) is 5.56 Å². The predicted octanol–water partition coefficient (Wildman–Crippen LogP) is 1.37. The molecule has 0 aromatic carbocycles. The number of hydrogen-bond acceptors (Lipinski definition) is 4. The van der Waals surface area contributed by atoms with Crippen molar-refractivity contribution in [3.63, 3.8) is 0 Å². The average molecular weight is 203 g/mol. The van der Waals surface area contributed by atoms with Gasteiger partial charge in [0, 0.05) is 36.4 Å². The number of carboxylic acids is 1. The Balaban J connectivity index is 2.83. The van der Waals surface area contributed by atoms with Crippen LogP contribution in [0, 0.1) is 0 Å². The van der Waals surface area contributed by atoms with Gasteiger partial charge in [-0.3, -0.25) is 4.98 Å². The molecule has 0 unspecified atom stereocenters. The first-order valence-electron chi connectivity index (χ1n) is 4.38. The highest BCUT2D eigenvalue weighted by atomic mass is 16.4. The SMILES string of the molecule is CNc1ncc(C(=O)O)c2ccncc12. The molecular formula is C10H9N3O2. The summed E-state index contributed by atoms with van der Waals surface area (Å²) in [4.78, 5) is 18.9. The van der Waals surface area contributed by atoms with Gasteiger partial charge in [0.05, 0.1) is 5.56 Å². The van der Waals surface area contributed by atoms with Gasteiger partial charge in [0.25, 0.3) is 0 Å². The van der Waals surface area contributed by atoms with Gasteiger partial charge < -0.3 is 10.4 Å². The van der Waals surface area contributed by atoms with Crippen molar-refractivity contribution in [3.05, 3.63) is 30.2 Å². The van der Waals surface area contributed by atoms with E-state index in [1.807, 2.05) is 0 Å². The monoisotopic (exact) mass is 203 g/mol. The number of anilines is 1. The van der Waals surface area contributed by atoms with E-state index in [0.29, 0.717) is 16.6 Å². The molecule has 0 aliphatic carbocycles. The van der Waals surface area contributed by atoms with E-state index in [4.69, 9.17) is 5.11 Å². The van der Waals surface area contributed by atoms with E-state index in [1.54, 1.807) is 25.5 Å². The number of rotatable bonds is 2. The molecule has 5 nitrogen and oxygen atoms in total. The molecule has 0 amide bonds. The molecule has 0 saturated heterocycles. The molecular weight excluding hydrogens is 194 g/mol. The van der Waals surface area contributed by atoms with E-state index in [2.05, 4.69) is 15.3 Å². The highest BCUT2D eigenvalue weighted by Gasteiger charge is 2.11. The average Bonchev–Trinajstić information content (AvgIpc) is 2.27. The first kappa shape index (κ1) is 9.39. The number of carboxylic acid groups (broad SMARTS) is 1. The summed E-state index contributed by atoms with van der Waals surface area (Å²) in [5, 5.41) is 13.2. The van der Waals surface area contributed by atoms with Crippen LogP contribution in [0.25, 0.3) is 10.8 Å². The smallest absolute Gasteiger partial charge is 0.337 e. The van der Waals surface area contributed by atoms with Crippen molar-refractivity contribution in [1.82, 2.24) is 9.97 Å². The molecule has 0 atom stereocenters. The maximum absolute atomic E-state index is 10.9. The molecule has 15 heavy (non-hydrogen) atoms. The molecule has 2 N–H and O–H groups in total. The molecule has 0 fully saturated rings. The summed E-state index contributed by atoms with van der Waals surface area (Å²) in [6.45, 7) is 0. The minimum Gasteiger partial charge on any atom is -0.478 e. The van der Waals surface area contributed by atoms with Gasteiger partial charge in [0.15, 0.2) is 0 Å². The summed E-state index contributed by atoms with van der Waals surface area (Å²) < 4.78 is 0. The quantitative estimate of drug-likeness (QED) is 0.770. The maximum Gasteiger partial charge on any atom is 0.337 e. The summed E-state index contributed by atoms with van der Waals surface area (Å²) >= 11 is 0. The Morgan fingerprint density at radius 1 is 1.40 bits per heavy atom. The molecule has 2 heterocycles. The lowest BCUT2D eigenvalue weighted by atomic mass is 10.1. The fourth-order valence-electron chi connectivity index (χ4n) is 1.46. The fraction of sp³-hybridized carbons (Fsp3) is 0.100. The molecule has 0 spiro atoms. The molecule has 76 valence electrons. The van der Waals surface area contributed by atoms with Gasteiger partial charge in [-0.1, -0.05) is 0 Å². The Labute approximate surface area is 85.8 Å². The van der Waals surface area contributed by atoms with Crippen molar-refractivity contribution in [1.29, 1.82) is 0 Å². The predicted molar refractivity (Wildman–Crippen MR) is 56.0 cm³/mol. The van der Waals surface area contributed by atoms with Crippen molar-refractivity contribution in [2.24, 2.45) is 0 Å². The van der Waals surface area contributed by atoms with Gasteiger partial charge in [-0.15, -0.1) is 0 Å². The third-order valence-corrected chi connectivity index (χ3v) is 2.16. The summed E-state index contributed by atoms with van der Waals surface area (Å²) in [6, 6.07) is 1.67.